The van der Waals surface area contributed by atoms with Crippen molar-refractivity contribution in [1.29, 1.82) is 0 Å². The molecule has 1 amide bonds. The molecule has 0 heterocycles. The second-order valence-corrected chi connectivity index (χ2v) is 8.01. The molecule has 0 fully saturated rings. The van der Waals surface area contributed by atoms with E-state index in [1.54, 1.807) is 0 Å². The van der Waals surface area contributed by atoms with Crippen molar-refractivity contribution in [2.45, 2.75) is 31.8 Å². The Balaban J connectivity index is 3.22. The number of halogens is 2. The number of carbonyl (C=O) groups is 2. The Morgan fingerprint density at radius 3 is 2.29 bits per heavy atom. The Morgan fingerprint density at radius 1 is 1.21 bits per heavy atom. The van der Waals surface area contributed by atoms with Crippen LogP contribution in [0.15, 0.2) is 17.0 Å². The monoisotopic (exact) mass is 396 g/mol. The van der Waals surface area contributed by atoms with Gasteiger partial charge in [0.1, 0.15) is 4.90 Å². The highest BCUT2D eigenvalue weighted by Gasteiger charge is 2.25. The second kappa shape index (κ2) is 8.15. The zero-order chi connectivity index (χ0) is 18.7. The highest BCUT2D eigenvalue weighted by atomic mass is 35.5. The van der Waals surface area contributed by atoms with E-state index in [2.05, 4.69) is 4.72 Å². The average molecular weight is 397 g/mol. The third kappa shape index (κ3) is 5.34. The number of amides is 1. The number of hydrogen-bond acceptors (Lipinski definition) is 5. The fourth-order valence-electron chi connectivity index (χ4n) is 1.53. The van der Waals surface area contributed by atoms with Crippen molar-refractivity contribution in [3.63, 3.8) is 0 Å². The number of primary amides is 1. The molecule has 7 nitrogen and oxygen atoms in total. The SMILES string of the molecule is CC(C)CNS(=O)(=O)c1cc(C(=O)O[C@@H](C)C(N)=O)c(Cl)cc1Cl. The smallest absolute Gasteiger partial charge is 0.340 e. The van der Waals surface area contributed by atoms with Crippen LogP contribution in [0.5, 0.6) is 0 Å². The fraction of sp³-hybridized carbons (Fsp3) is 0.429. The summed E-state index contributed by atoms with van der Waals surface area (Å²) < 4.78 is 31.8. The molecule has 0 radical (unpaired) electrons. The van der Waals surface area contributed by atoms with Crippen LogP contribution in [0.25, 0.3) is 0 Å². The number of nitrogens with two attached hydrogens (primary N) is 1. The first-order valence-electron chi connectivity index (χ1n) is 6.94. The molecule has 1 aromatic carbocycles. The highest BCUT2D eigenvalue weighted by molar-refractivity contribution is 7.89. The molecule has 0 aliphatic heterocycles. The number of rotatable bonds is 7. The molecule has 1 rings (SSSR count). The summed E-state index contributed by atoms with van der Waals surface area (Å²) in [5, 5.41) is -0.250. The number of benzene rings is 1. The number of ether oxygens (including phenoxy) is 1. The van der Waals surface area contributed by atoms with Crippen LogP contribution in [-0.4, -0.2) is 32.9 Å². The number of esters is 1. The first-order valence-corrected chi connectivity index (χ1v) is 9.18. The minimum atomic E-state index is -3.94. The summed E-state index contributed by atoms with van der Waals surface area (Å²) in [6, 6.07) is 2.13. The summed E-state index contributed by atoms with van der Waals surface area (Å²) >= 11 is 11.9. The van der Waals surface area contributed by atoms with Gasteiger partial charge in [-0.1, -0.05) is 37.0 Å². The molecule has 0 saturated carbocycles. The largest absolute Gasteiger partial charge is 0.449 e. The number of carbonyl (C=O) groups excluding carboxylic acids is 2. The van der Waals surface area contributed by atoms with Crippen molar-refractivity contribution in [3.8, 4) is 0 Å². The summed E-state index contributed by atoms with van der Waals surface area (Å²) in [6.45, 7) is 5.14. The quantitative estimate of drug-likeness (QED) is 0.683. The normalized spacial score (nSPS) is 12.9. The van der Waals surface area contributed by atoms with Crippen LogP contribution in [0.1, 0.15) is 31.1 Å². The maximum atomic E-state index is 12.3. The van der Waals surface area contributed by atoms with Gasteiger partial charge in [0.2, 0.25) is 10.0 Å². The molecule has 0 unspecified atom stereocenters. The molecule has 0 aliphatic rings. The molecule has 1 aromatic rings. The maximum Gasteiger partial charge on any atom is 0.340 e. The molecule has 0 spiro atoms. The van der Waals surface area contributed by atoms with Gasteiger partial charge in [-0.15, -0.1) is 0 Å². The van der Waals surface area contributed by atoms with Gasteiger partial charge in [0, 0.05) is 6.54 Å². The Labute approximate surface area is 150 Å². The molecule has 0 bridgehead atoms. The van der Waals surface area contributed by atoms with Crippen molar-refractivity contribution in [1.82, 2.24) is 4.72 Å². The molecule has 24 heavy (non-hydrogen) atoms. The Morgan fingerprint density at radius 2 is 1.79 bits per heavy atom. The molecular weight excluding hydrogens is 379 g/mol. The summed E-state index contributed by atoms with van der Waals surface area (Å²) in [7, 11) is -3.94. The van der Waals surface area contributed by atoms with Crippen molar-refractivity contribution < 1.29 is 22.7 Å². The van der Waals surface area contributed by atoms with Gasteiger partial charge in [-0.25, -0.2) is 17.9 Å². The fourth-order valence-corrected chi connectivity index (χ4v) is 3.59. The van der Waals surface area contributed by atoms with Crippen molar-refractivity contribution in [3.05, 3.63) is 27.7 Å². The lowest BCUT2D eigenvalue weighted by Crippen LogP contribution is -2.31. The van der Waals surface area contributed by atoms with E-state index in [-0.39, 0.29) is 33.0 Å². The Hall–Kier alpha value is -1.35. The third-order valence-corrected chi connectivity index (χ3v) is 5.10. The predicted molar refractivity (Wildman–Crippen MR) is 90.6 cm³/mol. The standard InChI is InChI=1S/C14H18Cl2N2O5S/c1-7(2)6-18-24(21,22)12-4-9(10(15)5-11(12)16)14(20)23-8(3)13(17)19/h4-5,7-8,18H,6H2,1-3H3,(H2,17,19)/t8-/m0/s1. The van der Waals surface area contributed by atoms with Gasteiger partial charge >= 0.3 is 5.97 Å². The minimum absolute atomic E-state index is 0.0757. The van der Waals surface area contributed by atoms with E-state index < -0.39 is 28.0 Å². The molecule has 0 saturated heterocycles. The number of hydrogen-bond donors (Lipinski definition) is 2. The Bertz CT molecular complexity index is 750. The van der Waals surface area contributed by atoms with E-state index in [9.17, 15) is 18.0 Å². The van der Waals surface area contributed by atoms with E-state index in [0.29, 0.717) is 0 Å². The van der Waals surface area contributed by atoms with Gasteiger partial charge in [-0.2, -0.15) is 0 Å². The molecule has 0 aromatic heterocycles. The van der Waals surface area contributed by atoms with Gasteiger partial charge in [0.05, 0.1) is 15.6 Å². The van der Waals surface area contributed by atoms with Crippen molar-refractivity contribution >= 4 is 45.1 Å². The summed E-state index contributed by atoms with van der Waals surface area (Å²) in [5.41, 5.74) is 4.78. The second-order valence-electron chi connectivity index (χ2n) is 5.46. The lowest BCUT2D eigenvalue weighted by atomic mass is 10.2. The van der Waals surface area contributed by atoms with Crippen molar-refractivity contribution in [2.24, 2.45) is 11.7 Å². The average Bonchev–Trinajstić information content (AvgIpc) is 2.44. The number of sulfonamides is 1. The lowest BCUT2D eigenvalue weighted by molar-refractivity contribution is -0.125. The van der Waals surface area contributed by atoms with Crippen LogP contribution >= 0.6 is 23.2 Å². The zero-order valence-corrected chi connectivity index (χ0v) is 15.6. The van der Waals surface area contributed by atoms with Gasteiger partial charge < -0.3 is 10.5 Å². The molecular formula is C14H18Cl2N2O5S. The predicted octanol–water partition coefficient (Wildman–Crippen LogP) is 1.96. The van der Waals surface area contributed by atoms with Gasteiger partial charge in [-0.3, -0.25) is 4.79 Å². The first-order chi connectivity index (χ1) is 11.0. The highest BCUT2D eigenvalue weighted by Crippen LogP contribution is 2.29. The van der Waals surface area contributed by atoms with E-state index in [0.717, 1.165) is 12.1 Å². The molecule has 134 valence electrons. The van der Waals surface area contributed by atoms with Crippen LogP contribution in [0, 0.1) is 5.92 Å². The molecule has 1 atom stereocenters. The van der Waals surface area contributed by atoms with E-state index in [4.69, 9.17) is 33.7 Å². The van der Waals surface area contributed by atoms with Crippen molar-refractivity contribution in [2.75, 3.05) is 6.54 Å². The summed E-state index contributed by atoms with van der Waals surface area (Å²) in [6.07, 6.45) is -1.19. The first kappa shape index (κ1) is 20.7. The van der Waals surface area contributed by atoms with E-state index in [1.807, 2.05) is 13.8 Å². The van der Waals surface area contributed by atoms with Crippen LogP contribution in [0.3, 0.4) is 0 Å². The van der Waals surface area contributed by atoms with Gasteiger partial charge in [-0.05, 0) is 25.0 Å². The Kier molecular flexibility index (Phi) is 7.03. The van der Waals surface area contributed by atoms with E-state index in [1.165, 1.54) is 6.92 Å². The van der Waals surface area contributed by atoms with Gasteiger partial charge in [0.25, 0.3) is 5.91 Å². The molecule has 0 aliphatic carbocycles. The van der Waals surface area contributed by atoms with Gasteiger partial charge in [0.15, 0.2) is 6.10 Å². The topological polar surface area (TPSA) is 116 Å². The zero-order valence-electron chi connectivity index (χ0n) is 13.3. The minimum Gasteiger partial charge on any atom is -0.449 e. The van der Waals surface area contributed by atoms with Crippen LogP contribution in [0.2, 0.25) is 10.0 Å². The van der Waals surface area contributed by atoms with Crippen LogP contribution in [0.4, 0.5) is 0 Å². The van der Waals surface area contributed by atoms with Crippen LogP contribution in [-0.2, 0) is 19.6 Å². The molecule has 10 heteroatoms. The number of nitrogens with one attached hydrogen (secondary N) is 1. The third-order valence-electron chi connectivity index (χ3n) is 2.90. The van der Waals surface area contributed by atoms with Crippen LogP contribution < -0.4 is 10.5 Å². The maximum absolute atomic E-state index is 12.3. The summed E-state index contributed by atoms with van der Waals surface area (Å²) in [5.74, 6) is -1.75. The van der Waals surface area contributed by atoms with E-state index >= 15 is 0 Å². The molecule has 3 N–H and O–H groups in total. The lowest BCUT2D eigenvalue weighted by Gasteiger charge is -2.14. The summed E-state index contributed by atoms with van der Waals surface area (Å²) in [4.78, 5) is 22.7.